The van der Waals surface area contributed by atoms with Crippen molar-refractivity contribution >= 4 is 56.4 Å². The highest BCUT2D eigenvalue weighted by Gasteiger charge is 2.13. The van der Waals surface area contributed by atoms with Gasteiger partial charge in [-0.2, -0.15) is 0 Å². The molecule has 2 aromatic carbocycles. The van der Waals surface area contributed by atoms with Crippen LogP contribution in [-0.2, 0) is 0 Å². The zero-order valence-electron chi connectivity index (χ0n) is 10.5. The zero-order valence-corrected chi connectivity index (χ0v) is 13.6. The van der Waals surface area contributed by atoms with Gasteiger partial charge in [0, 0.05) is 15.7 Å². The van der Waals surface area contributed by atoms with Gasteiger partial charge in [-0.05, 0) is 52.7 Å². The van der Waals surface area contributed by atoms with Crippen LogP contribution >= 0.6 is 39.1 Å². The maximum absolute atomic E-state index is 12.2. The van der Waals surface area contributed by atoms with E-state index in [1.165, 1.54) is 0 Å². The van der Waals surface area contributed by atoms with Crippen LogP contribution in [0.4, 0.5) is 11.4 Å². The SMILES string of the molecule is Cc1ccc(Cl)c(NC(=O)c2ccc(N)c(Br)c2)c1Cl. The first-order valence-electron chi connectivity index (χ1n) is 5.71. The minimum absolute atomic E-state index is 0.305. The molecule has 0 radical (unpaired) electrons. The Morgan fingerprint density at radius 2 is 1.95 bits per heavy atom. The number of amides is 1. The second-order valence-electron chi connectivity index (χ2n) is 4.24. The molecule has 3 nitrogen and oxygen atoms in total. The second kappa shape index (κ2) is 6.04. The smallest absolute Gasteiger partial charge is 0.255 e. The number of hydrogen-bond acceptors (Lipinski definition) is 2. The first-order valence-corrected chi connectivity index (χ1v) is 7.26. The average Bonchev–Trinajstić information content (AvgIpc) is 2.42. The number of aryl methyl sites for hydroxylation is 1. The number of nitrogens with one attached hydrogen (secondary N) is 1. The van der Waals surface area contributed by atoms with Gasteiger partial charge in [0.05, 0.1) is 15.7 Å². The van der Waals surface area contributed by atoms with Crippen molar-refractivity contribution in [3.63, 3.8) is 0 Å². The van der Waals surface area contributed by atoms with E-state index in [1.807, 2.05) is 6.92 Å². The Hall–Kier alpha value is -1.23. The predicted octanol–water partition coefficient (Wildman–Crippen LogP) is 4.90. The third-order valence-corrected chi connectivity index (χ3v) is 4.27. The van der Waals surface area contributed by atoms with Crippen LogP contribution in [0.2, 0.25) is 10.0 Å². The van der Waals surface area contributed by atoms with Crippen LogP contribution in [-0.4, -0.2) is 5.91 Å². The molecule has 0 saturated heterocycles. The fourth-order valence-electron chi connectivity index (χ4n) is 1.63. The van der Waals surface area contributed by atoms with Crippen LogP contribution < -0.4 is 11.1 Å². The molecule has 2 aromatic rings. The molecule has 0 aliphatic carbocycles. The molecule has 0 aromatic heterocycles. The lowest BCUT2D eigenvalue weighted by atomic mass is 10.1. The molecule has 0 fully saturated rings. The first-order chi connectivity index (χ1) is 9.40. The number of benzene rings is 2. The van der Waals surface area contributed by atoms with Crippen molar-refractivity contribution in [2.24, 2.45) is 0 Å². The maximum atomic E-state index is 12.2. The highest BCUT2D eigenvalue weighted by Crippen LogP contribution is 2.33. The lowest BCUT2D eigenvalue weighted by molar-refractivity contribution is 0.102. The van der Waals surface area contributed by atoms with Crippen molar-refractivity contribution in [1.82, 2.24) is 0 Å². The van der Waals surface area contributed by atoms with Crippen LogP contribution in [0.3, 0.4) is 0 Å². The van der Waals surface area contributed by atoms with E-state index in [-0.39, 0.29) is 5.91 Å². The molecule has 0 heterocycles. The van der Waals surface area contributed by atoms with E-state index in [2.05, 4.69) is 21.2 Å². The molecule has 0 aliphatic rings. The minimum Gasteiger partial charge on any atom is -0.398 e. The van der Waals surface area contributed by atoms with Gasteiger partial charge >= 0.3 is 0 Å². The molecule has 0 aliphatic heterocycles. The van der Waals surface area contributed by atoms with Crippen molar-refractivity contribution in [2.75, 3.05) is 11.1 Å². The molecule has 2 rings (SSSR count). The summed E-state index contributed by atoms with van der Waals surface area (Å²) in [6.45, 7) is 1.84. The molecular weight excluding hydrogens is 363 g/mol. The summed E-state index contributed by atoms with van der Waals surface area (Å²) in [6.07, 6.45) is 0. The quantitative estimate of drug-likeness (QED) is 0.735. The summed E-state index contributed by atoms with van der Waals surface area (Å²) in [5.74, 6) is -0.305. The number of rotatable bonds is 2. The second-order valence-corrected chi connectivity index (χ2v) is 5.88. The number of carbonyl (C=O) groups is 1. The summed E-state index contributed by atoms with van der Waals surface area (Å²) < 4.78 is 0.659. The molecule has 104 valence electrons. The number of hydrogen-bond donors (Lipinski definition) is 2. The number of carbonyl (C=O) groups excluding carboxylic acids is 1. The van der Waals surface area contributed by atoms with Crippen molar-refractivity contribution in [3.05, 3.63) is 56.0 Å². The first kappa shape index (κ1) is 15.2. The molecule has 20 heavy (non-hydrogen) atoms. The fourth-order valence-corrected chi connectivity index (χ4v) is 2.47. The number of halogens is 3. The molecule has 0 unspecified atom stereocenters. The summed E-state index contributed by atoms with van der Waals surface area (Å²) in [5.41, 5.74) is 7.96. The maximum Gasteiger partial charge on any atom is 0.255 e. The van der Waals surface area contributed by atoms with Crippen LogP contribution in [0.5, 0.6) is 0 Å². The topological polar surface area (TPSA) is 55.1 Å². The predicted molar refractivity (Wildman–Crippen MR) is 87.7 cm³/mol. The van der Waals surface area contributed by atoms with Gasteiger partial charge in [-0.25, -0.2) is 0 Å². The van der Waals surface area contributed by atoms with E-state index in [0.29, 0.717) is 31.5 Å². The van der Waals surface area contributed by atoms with Crippen LogP contribution in [0.1, 0.15) is 15.9 Å². The van der Waals surface area contributed by atoms with Gasteiger partial charge in [0.15, 0.2) is 0 Å². The standard InChI is InChI=1S/C14H11BrCl2N2O/c1-7-2-4-10(16)13(12(7)17)19-14(20)8-3-5-11(18)9(15)6-8/h2-6H,18H2,1H3,(H,19,20). The van der Waals surface area contributed by atoms with Crippen LogP contribution in [0, 0.1) is 6.92 Å². The lowest BCUT2D eigenvalue weighted by Crippen LogP contribution is -2.13. The van der Waals surface area contributed by atoms with Crippen molar-refractivity contribution in [3.8, 4) is 0 Å². The van der Waals surface area contributed by atoms with Gasteiger partial charge in [0.2, 0.25) is 0 Å². The molecule has 0 bridgehead atoms. The summed E-state index contributed by atoms with van der Waals surface area (Å²) in [6, 6.07) is 8.41. The van der Waals surface area contributed by atoms with E-state index in [4.69, 9.17) is 28.9 Å². The third kappa shape index (κ3) is 3.08. The summed E-state index contributed by atoms with van der Waals surface area (Å²) in [5, 5.41) is 3.54. The largest absolute Gasteiger partial charge is 0.398 e. The van der Waals surface area contributed by atoms with E-state index < -0.39 is 0 Å². The lowest BCUT2D eigenvalue weighted by Gasteiger charge is -2.11. The Morgan fingerprint density at radius 1 is 1.25 bits per heavy atom. The molecule has 6 heteroatoms. The van der Waals surface area contributed by atoms with Crippen LogP contribution in [0.15, 0.2) is 34.8 Å². The molecule has 0 atom stereocenters. The Kier molecular flexibility index (Phi) is 4.58. The summed E-state index contributed by atoms with van der Waals surface area (Å²) in [4.78, 5) is 12.2. The number of nitrogen functional groups attached to an aromatic ring is 1. The summed E-state index contributed by atoms with van der Waals surface area (Å²) >= 11 is 15.5. The van der Waals surface area contributed by atoms with E-state index in [9.17, 15) is 4.79 Å². The zero-order chi connectivity index (χ0) is 14.9. The minimum atomic E-state index is -0.305. The van der Waals surface area contributed by atoms with Gasteiger partial charge < -0.3 is 11.1 Å². The third-order valence-electron chi connectivity index (χ3n) is 2.79. The highest BCUT2D eigenvalue weighted by molar-refractivity contribution is 9.10. The molecule has 3 N–H and O–H groups in total. The van der Waals surface area contributed by atoms with Gasteiger partial charge in [-0.15, -0.1) is 0 Å². The Labute approximate surface area is 135 Å². The monoisotopic (exact) mass is 372 g/mol. The van der Waals surface area contributed by atoms with Gasteiger partial charge in [-0.1, -0.05) is 29.3 Å². The van der Waals surface area contributed by atoms with Crippen molar-refractivity contribution in [2.45, 2.75) is 6.92 Å². The molecule has 0 saturated carbocycles. The molecule has 0 spiro atoms. The Morgan fingerprint density at radius 3 is 2.60 bits per heavy atom. The fraction of sp³-hybridized carbons (Fsp3) is 0.0714. The number of anilines is 2. The van der Waals surface area contributed by atoms with Gasteiger partial charge in [-0.3, -0.25) is 4.79 Å². The van der Waals surface area contributed by atoms with Crippen molar-refractivity contribution < 1.29 is 4.79 Å². The van der Waals surface area contributed by atoms with Crippen LogP contribution in [0.25, 0.3) is 0 Å². The van der Waals surface area contributed by atoms with E-state index >= 15 is 0 Å². The highest BCUT2D eigenvalue weighted by atomic mass is 79.9. The van der Waals surface area contributed by atoms with Gasteiger partial charge in [0.1, 0.15) is 0 Å². The molecule has 1 amide bonds. The van der Waals surface area contributed by atoms with E-state index in [0.717, 1.165) is 5.56 Å². The Balaban J connectivity index is 2.32. The molecular formula is C14H11BrCl2N2O. The Bertz CT molecular complexity index is 689. The van der Waals surface area contributed by atoms with E-state index in [1.54, 1.807) is 30.3 Å². The normalized spacial score (nSPS) is 10.4. The number of nitrogens with two attached hydrogens (primary N) is 1. The summed E-state index contributed by atoms with van der Waals surface area (Å²) in [7, 11) is 0. The van der Waals surface area contributed by atoms with Gasteiger partial charge in [0.25, 0.3) is 5.91 Å². The van der Waals surface area contributed by atoms with Crippen molar-refractivity contribution in [1.29, 1.82) is 0 Å². The average molecular weight is 374 g/mol.